The molecule has 0 radical (unpaired) electrons. The summed E-state index contributed by atoms with van der Waals surface area (Å²) in [6.45, 7) is 4.23. The van der Waals surface area contributed by atoms with Crippen LogP contribution in [-0.2, 0) is 6.42 Å². The van der Waals surface area contributed by atoms with Crippen LogP contribution in [0, 0.1) is 19.7 Å². The minimum absolute atomic E-state index is 0.00913. The first kappa shape index (κ1) is 17.5. The summed E-state index contributed by atoms with van der Waals surface area (Å²) in [6, 6.07) is 8.21. The van der Waals surface area contributed by atoms with Gasteiger partial charge in [0.1, 0.15) is 11.3 Å². The van der Waals surface area contributed by atoms with E-state index in [1.807, 2.05) is 13.8 Å². The number of rotatable bonds is 4. The molecule has 0 saturated carbocycles. The molecule has 0 aliphatic carbocycles. The number of benzene rings is 2. The molecule has 27 heavy (non-hydrogen) atoms. The summed E-state index contributed by atoms with van der Waals surface area (Å²) < 4.78 is 19.5. The van der Waals surface area contributed by atoms with E-state index >= 15 is 0 Å². The molecule has 2 aromatic carbocycles. The molecule has 0 spiro atoms. The molecule has 0 aliphatic heterocycles. The van der Waals surface area contributed by atoms with Gasteiger partial charge in [-0.3, -0.25) is 4.79 Å². The number of nitrogens with one attached hydrogen (secondary N) is 2. The van der Waals surface area contributed by atoms with Crippen molar-refractivity contribution in [1.29, 1.82) is 0 Å². The summed E-state index contributed by atoms with van der Waals surface area (Å²) in [7, 11) is 0. The van der Waals surface area contributed by atoms with Crippen LogP contribution in [0.15, 0.2) is 34.7 Å². The van der Waals surface area contributed by atoms with Crippen LogP contribution in [-0.4, -0.2) is 22.4 Å². The Kier molecular flexibility index (Phi) is 4.36. The zero-order chi connectivity index (χ0) is 19.1. The fourth-order valence-corrected chi connectivity index (χ4v) is 3.50. The molecule has 2 N–H and O–H groups in total. The molecule has 5 nitrogen and oxygen atoms in total. The van der Waals surface area contributed by atoms with Gasteiger partial charge in [-0.25, -0.2) is 9.37 Å². The fraction of sp³-hybridized carbons (Fsp3) is 0.200. The minimum atomic E-state index is -0.400. The maximum absolute atomic E-state index is 14.0. The van der Waals surface area contributed by atoms with E-state index in [9.17, 15) is 9.18 Å². The number of nitrogens with zero attached hydrogens (tertiary/aromatic N) is 1. The van der Waals surface area contributed by atoms with E-state index in [-0.39, 0.29) is 11.7 Å². The van der Waals surface area contributed by atoms with E-state index in [2.05, 4.69) is 15.3 Å². The summed E-state index contributed by atoms with van der Waals surface area (Å²) in [5.74, 6) is -0.688. The second-order valence-corrected chi connectivity index (χ2v) is 6.92. The Morgan fingerprint density at radius 3 is 2.93 bits per heavy atom. The fourth-order valence-electron chi connectivity index (χ4n) is 3.33. The molecular formula is C20H17ClFN3O2. The van der Waals surface area contributed by atoms with Crippen molar-refractivity contribution in [2.45, 2.75) is 20.3 Å². The number of aromatic amines is 1. The third-order valence-corrected chi connectivity index (χ3v) is 4.87. The van der Waals surface area contributed by atoms with Crippen LogP contribution in [0.4, 0.5) is 4.39 Å². The maximum Gasteiger partial charge on any atom is 0.307 e. The standard InChI is InChI=1S/C20H17ClFN3O2/c1-10-3-5-14(22)18-17(10)13(11(2)24-18)7-8-23-19(26)20-25-15-9-12(21)4-6-16(15)27-20/h3-6,9,24H,7-8H2,1-2H3,(H,23,26). The molecule has 4 aromatic rings. The molecular weight excluding hydrogens is 369 g/mol. The molecule has 1 amide bonds. The molecule has 7 heteroatoms. The second-order valence-electron chi connectivity index (χ2n) is 6.48. The number of oxazole rings is 1. The lowest BCUT2D eigenvalue weighted by Crippen LogP contribution is -2.26. The Bertz CT molecular complexity index is 1180. The van der Waals surface area contributed by atoms with Crippen LogP contribution >= 0.6 is 11.6 Å². The average molecular weight is 386 g/mol. The number of hydrogen-bond acceptors (Lipinski definition) is 3. The first-order chi connectivity index (χ1) is 12.9. The SMILES string of the molecule is Cc1[nH]c2c(F)ccc(C)c2c1CCNC(=O)c1nc2cc(Cl)ccc2o1. The van der Waals surface area contributed by atoms with Crippen molar-refractivity contribution in [3.05, 3.63) is 63.9 Å². The normalized spacial score (nSPS) is 11.4. The monoisotopic (exact) mass is 385 g/mol. The molecule has 0 aliphatic rings. The molecule has 0 fully saturated rings. The van der Waals surface area contributed by atoms with Crippen LogP contribution in [0.5, 0.6) is 0 Å². The van der Waals surface area contributed by atoms with E-state index in [4.69, 9.17) is 16.0 Å². The van der Waals surface area contributed by atoms with Gasteiger partial charge in [0.15, 0.2) is 5.58 Å². The summed E-state index contributed by atoms with van der Waals surface area (Å²) in [5.41, 5.74) is 4.42. The quantitative estimate of drug-likeness (QED) is 0.535. The number of amides is 1. The van der Waals surface area contributed by atoms with Crippen LogP contribution in [0.1, 0.15) is 27.5 Å². The molecule has 0 saturated heterocycles. The van der Waals surface area contributed by atoms with Gasteiger partial charge in [-0.05, 0) is 55.7 Å². The van der Waals surface area contributed by atoms with Gasteiger partial charge in [-0.2, -0.15) is 0 Å². The molecule has 4 rings (SSSR count). The van der Waals surface area contributed by atoms with Gasteiger partial charge < -0.3 is 14.7 Å². The van der Waals surface area contributed by atoms with Crippen LogP contribution in [0.3, 0.4) is 0 Å². The summed E-state index contributed by atoms with van der Waals surface area (Å²) in [5, 5.41) is 4.20. The van der Waals surface area contributed by atoms with Crippen molar-refractivity contribution in [1.82, 2.24) is 15.3 Å². The van der Waals surface area contributed by atoms with E-state index in [0.717, 1.165) is 22.2 Å². The van der Waals surface area contributed by atoms with Gasteiger partial charge >= 0.3 is 5.91 Å². The van der Waals surface area contributed by atoms with E-state index in [1.54, 1.807) is 24.3 Å². The highest BCUT2D eigenvalue weighted by atomic mass is 35.5. The molecule has 2 aromatic heterocycles. The lowest BCUT2D eigenvalue weighted by Gasteiger charge is -2.05. The van der Waals surface area contributed by atoms with Crippen molar-refractivity contribution in [3.63, 3.8) is 0 Å². The Morgan fingerprint density at radius 1 is 1.30 bits per heavy atom. The summed E-state index contributed by atoms with van der Waals surface area (Å²) in [4.78, 5) is 19.6. The van der Waals surface area contributed by atoms with Crippen molar-refractivity contribution in [2.75, 3.05) is 6.54 Å². The number of hydrogen-bond donors (Lipinski definition) is 2. The molecule has 0 unspecified atom stereocenters. The van der Waals surface area contributed by atoms with Gasteiger partial charge in [-0.1, -0.05) is 17.7 Å². The molecule has 0 bridgehead atoms. The second kappa shape index (κ2) is 6.70. The van der Waals surface area contributed by atoms with E-state index in [1.165, 1.54) is 6.07 Å². The van der Waals surface area contributed by atoms with Gasteiger partial charge in [0.05, 0.1) is 5.52 Å². The summed E-state index contributed by atoms with van der Waals surface area (Å²) >= 11 is 5.92. The Hall–Kier alpha value is -2.86. The van der Waals surface area contributed by atoms with Crippen molar-refractivity contribution in [3.8, 4) is 0 Å². The number of aromatic nitrogens is 2. The van der Waals surface area contributed by atoms with Gasteiger partial charge in [0, 0.05) is 22.6 Å². The predicted molar refractivity (Wildman–Crippen MR) is 103 cm³/mol. The van der Waals surface area contributed by atoms with Gasteiger partial charge in [0.2, 0.25) is 0 Å². The van der Waals surface area contributed by atoms with Crippen LogP contribution in [0.2, 0.25) is 5.02 Å². The lowest BCUT2D eigenvalue weighted by molar-refractivity contribution is 0.0922. The van der Waals surface area contributed by atoms with Crippen molar-refractivity contribution >= 4 is 39.5 Å². The minimum Gasteiger partial charge on any atom is -0.432 e. The zero-order valence-corrected chi connectivity index (χ0v) is 15.6. The highest BCUT2D eigenvalue weighted by Gasteiger charge is 2.16. The number of halogens is 2. The number of H-pyrrole nitrogens is 1. The number of fused-ring (bicyclic) bond motifs is 2. The first-order valence-electron chi connectivity index (χ1n) is 8.54. The van der Waals surface area contributed by atoms with E-state index < -0.39 is 5.91 Å². The third-order valence-electron chi connectivity index (χ3n) is 4.63. The van der Waals surface area contributed by atoms with Crippen molar-refractivity contribution < 1.29 is 13.6 Å². The largest absolute Gasteiger partial charge is 0.432 e. The third kappa shape index (κ3) is 3.17. The van der Waals surface area contributed by atoms with Gasteiger partial charge in [-0.15, -0.1) is 0 Å². The predicted octanol–water partition coefficient (Wildman–Crippen LogP) is 4.69. The van der Waals surface area contributed by atoms with Crippen LogP contribution < -0.4 is 5.32 Å². The Labute approximate surface area is 159 Å². The van der Waals surface area contributed by atoms with Crippen LogP contribution in [0.25, 0.3) is 22.0 Å². The van der Waals surface area contributed by atoms with E-state index in [0.29, 0.717) is 34.6 Å². The number of carbonyl (C=O) groups is 1. The molecule has 0 atom stereocenters. The zero-order valence-electron chi connectivity index (χ0n) is 14.8. The van der Waals surface area contributed by atoms with Crippen molar-refractivity contribution in [2.24, 2.45) is 0 Å². The first-order valence-corrected chi connectivity index (χ1v) is 8.92. The van der Waals surface area contributed by atoms with Gasteiger partial charge in [0.25, 0.3) is 5.89 Å². The lowest BCUT2D eigenvalue weighted by atomic mass is 10.0. The topological polar surface area (TPSA) is 70.9 Å². The Balaban J connectivity index is 1.51. The number of carbonyl (C=O) groups excluding carboxylic acids is 1. The molecule has 2 heterocycles. The maximum atomic E-state index is 14.0. The summed E-state index contributed by atoms with van der Waals surface area (Å²) in [6.07, 6.45) is 0.563. The highest BCUT2D eigenvalue weighted by Crippen LogP contribution is 2.28. The molecule has 138 valence electrons. The number of aryl methyl sites for hydroxylation is 2. The Morgan fingerprint density at radius 2 is 2.11 bits per heavy atom. The highest BCUT2D eigenvalue weighted by molar-refractivity contribution is 6.31. The smallest absolute Gasteiger partial charge is 0.307 e. The average Bonchev–Trinajstić information content (AvgIpc) is 3.20.